The first kappa shape index (κ1) is 18.6. The van der Waals surface area contributed by atoms with Crippen LogP contribution in [0.4, 0.5) is 5.69 Å². The van der Waals surface area contributed by atoms with Crippen LogP contribution in [0.3, 0.4) is 0 Å². The lowest BCUT2D eigenvalue weighted by Gasteiger charge is -2.34. The van der Waals surface area contributed by atoms with Gasteiger partial charge in [0.05, 0.1) is 10.9 Å². The summed E-state index contributed by atoms with van der Waals surface area (Å²) in [6.07, 6.45) is 3.46. The first-order chi connectivity index (χ1) is 12.3. The Morgan fingerprint density at radius 1 is 1.38 bits per heavy atom. The smallest absolute Gasteiger partial charge is 0.243 e. The molecule has 140 valence electrons. The largest absolute Gasteiger partial charge is 0.337 e. The Morgan fingerprint density at radius 2 is 2.15 bits per heavy atom. The van der Waals surface area contributed by atoms with Gasteiger partial charge in [-0.15, -0.1) is 0 Å². The number of carbonyl (C=O) groups is 1. The molecule has 2 heterocycles. The Hall–Kier alpha value is -2.23. The number of nitrogens with one attached hydrogen (secondary N) is 2. The van der Waals surface area contributed by atoms with Gasteiger partial charge in [0.15, 0.2) is 0 Å². The summed E-state index contributed by atoms with van der Waals surface area (Å²) >= 11 is 0. The predicted molar refractivity (Wildman–Crippen MR) is 98.2 cm³/mol. The highest BCUT2D eigenvalue weighted by molar-refractivity contribution is 7.89. The lowest BCUT2D eigenvalue weighted by atomic mass is 10.2. The van der Waals surface area contributed by atoms with Gasteiger partial charge in [-0.1, -0.05) is 6.07 Å². The molecule has 1 aromatic carbocycles. The number of carbonyl (C=O) groups excluding carboxylic acids is 1. The van der Waals surface area contributed by atoms with Crippen molar-refractivity contribution in [2.45, 2.75) is 24.8 Å². The van der Waals surface area contributed by atoms with Gasteiger partial charge in [-0.05, 0) is 24.6 Å². The Balaban J connectivity index is 2.00. The third kappa shape index (κ3) is 3.50. The van der Waals surface area contributed by atoms with Crippen molar-refractivity contribution in [1.82, 2.24) is 19.2 Å². The summed E-state index contributed by atoms with van der Waals surface area (Å²) in [7, 11) is -1.89. The topological polar surface area (TPSA) is 96.3 Å². The van der Waals surface area contributed by atoms with Crippen molar-refractivity contribution >= 4 is 21.6 Å². The van der Waals surface area contributed by atoms with E-state index in [1.807, 2.05) is 18.5 Å². The van der Waals surface area contributed by atoms with Gasteiger partial charge in [-0.25, -0.2) is 13.4 Å². The molecule has 3 rings (SSSR count). The molecule has 1 aliphatic heterocycles. The summed E-state index contributed by atoms with van der Waals surface area (Å²) < 4.78 is 29.9. The van der Waals surface area contributed by atoms with Crippen LogP contribution in [0.1, 0.15) is 24.4 Å². The van der Waals surface area contributed by atoms with E-state index in [1.54, 1.807) is 24.5 Å². The number of hydrogen-bond acceptors (Lipinski definition) is 5. The summed E-state index contributed by atoms with van der Waals surface area (Å²) in [5, 5.41) is 5.92. The van der Waals surface area contributed by atoms with Crippen LogP contribution in [-0.2, 0) is 21.9 Å². The van der Waals surface area contributed by atoms with Gasteiger partial charge >= 0.3 is 0 Å². The van der Waals surface area contributed by atoms with Crippen LogP contribution in [0.2, 0.25) is 0 Å². The van der Waals surface area contributed by atoms with Crippen LogP contribution in [0.5, 0.6) is 0 Å². The Labute approximate surface area is 153 Å². The van der Waals surface area contributed by atoms with E-state index >= 15 is 0 Å². The monoisotopic (exact) mass is 377 g/mol. The molecule has 1 aromatic heterocycles. The normalized spacial score (nSPS) is 18.7. The molecule has 0 aliphatic carbocycles. The maximum atomic E-state index is 13.3. The van der Waals surface area contributed by atoms with E-state index in [2.05, 4.69) is 15.6 Å². The number of aromatic nitrogens is 2. The highest BCUT2D eigenvalue weighted by Crippen LogP contribution is 2.30. The Morgan fingerprint density at radius 3 is 2.81 bits per heavy atom. The number of benzene rings is 1. The fraction of sp³-hybridized carbons (Fsp3) is 0.412. The van der Waals surface area contributed by atoms with Gasteiger partial charge in [0.2, 0.25) is 15.9 Å². The highest BCUT2D eigenvalue weighted by Gasteiger charge is 2.36. The molecule has 1 unspecified atom stereocenters. The molecule has 2 N–H and O–H groups in total. The second-order valence-corrected chi connectivity index (χ2v) is 8.28. The molecule has 26 heavy (non-hydrogen) atoms. The number of piperazine rings is 1. The molecule has 0 spiro atoms. The van der Waals surface area contributed by atoms with Crippen molar-refractivity contribution in [3.05, 3.63) is 42.0 Å². The zero-order valence-electron chi connectivity index (χ0n) is 15.1. The van der Waals surface area contributed by atoms with Crippen molar-refractivity contribution in [1.29, 1.82) is 0 Å². The van der Waals surface area contributed by atoms with Crippen LogP contribution in [0.15, 0.2) is 35.5 Å². The molecule has 1 aliphatic rings. The molecule has 1 atom stereocenters. The van der Waals surface area contributed by atoms with Crippen LogP contribution in [0.25, 0.3) is 0 Å². The average molecular weight is 377 g/mol. The van der Waals surface area contributed by atoms with E-state index in [4.69, 9.17) is 0 Å². The first-order valence-corrected chi connectivity index (χ1v) is 9.82. The van der Waals surface area contributed by atoms with E-state index in [-0.39, 0.29) is 16.8 Å². The Kier molecular flexibility index (Phi) is 5.12. The first-order valence-electron chi connectivity index (χ1n) is 8.38. The van der Waals surface area contributed by atoms with E-state index in [0.717, 1.165) is 5.56 Å². The van der Waals surface area contributed by atoms with Gasteiger partial charge in [0.25, 0.3) is 0 Å². The van der Waals surface area contributed by atoms with Crippen LogP contribution >= 0.6 is 0 Å². The molecule has 1 amide bonds. The fourth-order valence-electron chi connectivity index (χ4n) is 3.11. The third-order valence-corrected chi connectivity index (χ3v) is 6.38. The minimum Gasteiger partial charge on any atom is -0.337 e. The second kappa shape index (κ2) is 7.18. The third-order valence-electron chi connectivity index (χ3n) is 4.48. The Bertz CT molecular complexity index is 922. The average Bonchev–Trinajstić information content (AvgIpc) is 3.02. The quantitative estimate of drug-likeness (QED) is 0.829. The number of anilines is 1. The minimum absolute atomic E-state index is 0.160. The number of hydrogen-bond donors (Lipinski definition) is 2. The van der Waals surface area contributed by atoms with Crippen molar-refractivity contribution < 1.29 is 13.2 Å². The SMILES string of the molecule is CC(=O)Nc1cc(S(=O)(=O)N2CCNCC2c2nccn2C)ccc1C. The van der Waals surface area contributed by atoms with Crippen LogP contribution in [0, 0.1) is 6.92 Å². The van der Waals surface area contributed by atoms with Gasteiger partial charge < -0.3 is 15.2 Å². The fourth-order valence-corrected chi connectivity index (χ4v) is 4.73. The van der Waals surface area contributed by atoms with Crippen LogP contribution < -0.4 is 10.6 Å². The molecule has 8 nitrogen and oxygen atoms in total. The maximum Gasteiger partial charge on any atom is 0.243 e. The van der Waals surface area contributed by atoms with Crippen molar-refractivity contribution in [3.63, 3.8) is 0 Å². The van der Waals surface area contributed by atoms with Gasteiger partial charge in [0, 0.05) is 51.7 Å². The second-order valence-electron chi connectivity index (χ2n) is 6.39. The zero-order valence-corrected chi connectivity index (χ0v) is 15.9. The summed E-state index contributed by atoms with van der Waals surface area (Å²) in [5.41, 5.74) is 1.31. The minimum atomic E-state index is -3.74. The molecule has 0 saturated carbocycles. The van der Waals surface area contributed by atoms with Crippen molar-refractivity contribution in [3.8, 4) is 0 Å². The number of rotatable bonds is 4. The molecule has 0 bridgehead atoms. The highest BCUT2D eigenvalue weighted by atomic mass is 32.2. The van der Waals surface area contributed by atoms with Crippen molar-refractivity contribution in [2.24, 2.45) is 7.05 Å². The van der Waals surface area contributed by atoms with Crippen LogP contribution in [-0.4, -0.2) is 47.8 Å². The van der Waals surface area contributed by atoms with E-state index in [0.29, 0.717) is 31.1 Å². The lowest BCUT2D eigenvalue weighted by Crippen LogP contribution is -2.49. The summed E-state index contributed by atoms with van der Waals surface area (Å²) in [4.78, 5) is 15.9. The number of aryl methyl sites for hydroxylation is 2. The molecule has 1 saturated heterocycles. The summed E-state index contributed by atoms with van der Waals surface area (Å²) in [5.74, 6) is 0.450. The molecular formula is C17H23N5O3S. The summed E-state index contributed by atoms with van der Waals surface area (Å²) in [6.45, 7) is 4.64. The number of nitrogens with zero attached hydrogens (tertiary/aromatic N) is 3. The van der Waals surface area contributed by atoms with Gasteiger partial charge in [-0.2, -0.15) is 4.31 Å². The lowest BCUT2D eigenvalue weighted by molar-refractivity contribution is -0.114. The zero-order chi connectivity index (χ0) is 18.9. The number of imidazole rings is 1. The predicted octanol–water partition coefficient (Wildman–Crippen LogP) is 1.02. The molecule has 2 aromatic rings. The van der Waals surface area contributed by atoms with Gasteiger partial charge in [-0.3, -0.25) is 4.79 Å². The standard InChI is InChI=1S/C17H23N5O3S/c1-12-4-5-14(10-15(12)20-13(2)23)26(24,25)22-9-6-18-11-16(22)17-19-7-8-21(17)3/h4-5,7-8,10,16,18H,6,9,11H2,1-3H3,(H,20,23). The molecule has 9 heteroatoms. The van der Waals surface area contributed by atoms with E-state index < -0.39 is 10.0 Å². The van der Waals surface area contributed by atoms with E-state index in [9.17, 15) is 13.2 Å². The maximum absolute atomic E-state index is 13.3. The number of amides is 1. The van der Waals surface area contributed by atoms with Crippen molar-refractivity contribution in [2.75, 3.05) is 25.0 Å². The number of sulfonamides is 1. The molecular weight excluding hydrogens is 354 g/mol. The van der Waals surface area contributed by atoms with Gasteiger partial charge in [0.1, 0.15) is 5.82 Å². The summed E-state index contributed by atoms with van der Waals surface area (Å²) in [6, 6.07) is 4.41. The molecule has 0 radical (unpaired) electrons. The molecule has 1 fully saturated rings. The van der Waals surface area contributed by atoms with E-state index in [1.165, 1.54) is 17.3 Å².